The van der Waals surface area contributed by atoms with Crippen LogP contribution in [-0.4, -0.2) is 38.2 Å². The van der Waals surface area contributed by atoms with Crippen molar-refractivity contribution in [1.29, 1.82) is 0 Å². The molecule has 3 rings (SSSR count). The summed E-state index contributed by atoms with van der Waals surface area (Å²) in [5, 5.41) is 4.67. The molecule has 0 spiro atoms. The fraction of sp³-hybridized carbons (Fsp3) is 0.550. The first-order valence-electron chi connectivity index (χ1n) is 9.87. The van der Waals surface area contributed by atoms with Gasteiger partial charge in [-0.1, -0.05) is 31.0 Å². The Bertz CT molecular complexity index is 888. The van der Waals surface area contributed by atoms with Gasteiger partial charge in [0.2, 0.25) is 5.91 Å². The fourth-order valence-electron chi connectivity index (χ4n) is 3.67. The highest BCUT2D eigenvalue weighted by molar-refractivity contribution is 6.31. The average molecular weight is 409 g/mol. The summed E-state index contributed by atoms with van der Waals surface area (Å²) in [6.45, 7) is 5.85. The Labute approximate surface area is 168 Å². The lowest BCUT2D eigenvalue weighted by Crippen LogP contribution is -2.39. The van der Waals surface area contributed by atoms with E-state index >= 15 is 0 Å². The van der Waals surface area contributed by atoms with Crippen molar-refractivity contribution in [3.05, 3.63) is 50.9 Å². The van der Waals surface area contributed by atoms with E-state index in [-0.39, 0.29) is 28.7 Å². The highest BCUT2D eigenvalue weighted by atomic mass is 35.5. The Morgan fingerprint density at radius 2 is 2.18 bits per heavy atom. The Morgan fingerprint density at radius 1 is 1.39 bits per heavy atom. The van der Waals surface area contributed by atoms with E-state index in [1.54, 1.807) is 10.6 Å². The standard InChI is InChI=1S/C20H26ClFN4O2/c1-3-5-11-24(4-2)19(27)14-8-7-12-25-18(14)23-26(20(25)28)13-15-16(21)9-6-10-17(15)22/h6,9-10,14H,3-5,7-8,11-13H2,1-2H3. The van der Waals surface area contributed by atoms with Crippen molar-refractivity contribution in [3.8, 4) is 0 Å². The van der Waals surface area contributed by atoms with Gasteiger partial charge in [0.1, 0.15) is 11.6 Å². The molecule has 1 atom stereocenters. The van der Waals surface area contributed by atoms with Crippen molar-refractivity contribution in [3.63, 3.8) is 0 Å². The zero-order chi connectivity index (χ0) is 20.3. The third-order valence-electron chi connectivity index (χ3n) is 5.28. The molecule has 0 saturated heterocycles. The number of amides is 1. The molecule has 152 valence electrons. The summed E-state index contributed by atoms with van der Waals surface area (Å²) in [6.07, 6.45) is 3.36. The summed E-state index contributed by atoms with van der Waals surface area (Å²) >= 11 is 6.10. The van der Waals surface area contributed by atoms with E-state index in [4.69, 9.17) is 11.6 Å². The molecular formula is C20H26ClFN4O2. The maximum atomic E-state index is 14.1. The molecule has 1 aliphatic rings. The molecule has 0 bridgehead atoms. The Morgan fingerprint density at radius 3 is 2.86 bits per heavy atom. The van der Waals surface area contributed by atoms with E-state index in [1.807, 2.05) is 11.8 Å². The smallest absolute Gasteiger partial charge is 0.342 e. The lowest BCUT2D eigenvalue weighted by atomic mass is 9.97. The van der Waals surface area contributed by atoms with Gasteiger partial charge in [-0.15, -0.1) is 0 Å². The van der Waals surface area contributed by atoms with Crippen LogP contribution in [0.2, 0.25) is 5.02 Å². The van der Waals surface area contributed by atoms with Gasteiger partial charge in [0, 0.05) is 30.2 Å². The lowest BCUT2D eigenvalue weighted by molar-refractivity contribution is -0.133. The molecule has 2 aromatic rings. The summed E-state index contributed by atoms with van der Waals surface area (Å²) in [4.78, 5) is 27.7. The molecule has 1 aliphatic heterocycles. The number of likely N-dealkylation sites (N-methyl/N-ethyl adjacent to an activating group) is 1. The molecule has 0 radical (unpaired) electrons. The lowest BCUT2D eigenvalue weighted by Gasteiger charge is -2.28. The van der Waals surface area contributed by atoms with E-state index in [1.165, 1.54) is 16.8 Å². The Hall–Kier alpha value is -2.15. The molecule has 2 heterocycles. The van der Waals surface area contributed by atoms with Gasteiger partial charge in [0.05, 0.1) is 12.5 Å². The number of halogens is 2. The molecule has 0 fully saturated rings. The summed E-state index contributed by atoms with van der Waals surface area (Å²) in [6, 6.07) is 4.41. The van der Waals surface area contributed by atoms with Crippen LogP contribution in [0.3, 0.4) is 0 Å². The number of rotatable bonds is 7. The van der Waals surface area contributed by atoms with Crippen LogP contribution < -0.4 is 5.69 Å². The predicted octanol–water partition coefficient (Wildman–Crippen LogP) is 3.41. The molecule has 1 aromatic carbocycles. The third-order valence-corrected chi connectivity index (χ3v) is 5.63. The number of carbonyl (C=O) groups is 1. The SMILES string of the molecule is CCCCN(CC)C(=O)C1CCCn2c1nn(Cc1c(F)cccc1Cl)c2=O. The van der Waals surface area contributed by atoms with Crippen LogP contribution in [0.25, 0.3) is 0 Å². The van der Waals surface area contributed by atoms with Gasteiger partial charge in [-0.3, -0.25) is 9.36 Å². The first kappa shape index (κ1) is 20.6. The second-order valence-electron chi connectivity index (χ2n) is 7.12. The predicted molar refractivity (Wildman–Crippen MR) is 106 cm³/mol. The van der Waals surface area contributed by atoms with Crippen molar-refractivity contribution in [2.45, 2.75) is 58.5 Å². The average Bonchev–Trinajstić information content (AvgIpc) is 3.01. The van der Waals surface area contributed by atoms with Crippen LogP contribution in [0, 0.1) is 5.82 Å². The monoisotopic (exact) mass is 408 g/mol. The Kier molecular flexibility index (Phi) is 6.54. The normalized spacial score (nSPS) is 16.1. The van der Waals surface area contributed by atoms with Crippen LogP contribution in [0.5, 0.6) is 0 Å². The van der Waals surface area contributed by atoms with Crippen LogP contribution >= 0.6 is 11.6 Å². The summed E-state index contributed by atoms with van der Waals surface area (Å²) in [7, 11) is 0. The van der Waals surface area contributed by atoms with Crippen LogP contribution in [0.4, 0.5) is 4.39 Å². The molecule has 0 N–H and O–H groups in total. The van der Waals surface area contributed by atoms with E-state index < -0.39 is 11.7 Å². The second kappa shape index (κ2) is 8.90. The number of carbonyl (C=O) groups excluding carboxylic acids is 1. The van der Waals surface area contributed by atoms with E-state index in [0.717, 1.165) is 19.3 Å². The van der Waals surface area contributed by atoms with Crippen molar-refractivity contribution in [2.24, 2.45) is 0 Å². The van der Waals surface area contributed by atoms with E-state index in [0.29, 0.717) is 31.9 Å². The van der Waals surface area contributed by atoms with Crippen LogP contribution in [-0.2, 0) is 17.9 Å². The number of fused-ring (bicyclic) bond motifs is 1. The largest absolute Gasteiger partial charge is 0.346 e. The van der Waals surface area contributed by atoms with Gasteiger partial charge in [-0.2, -0.15) is 5.10 Å². The van der Waals surface area contributed by atoms with Crippen molar-refractivity contribution in [1.82, 2.24) is 19.2 Å². The van der Waals surface area contributed by atoms with Gasteiger partial charge in [-0.25, -0.2) is 13.9 Å². The molecule has 0 saturated carbocycles. The van der Waals surface area contributed by atoms with Crippen molar-refractivity contribution < 1.29 is 9.18 Å². The van der Waals surface area contributed by atoms with E-state index in [9.17, 15) is 14.0 Å². The highest BCUT2D eigenvalue weighted by Gasteiger charge is 2.33. The molecule has 1 amide bonds. The van der Waals surface area contributed by atoms with Gasteiger partial charge in [0.25, 0.3) is 0 Å². The quantitative estimate of drug-likeness (QED) is 0.705. The maximum absolute atomic E-state index is 14.1. The minimum absolute atomic E-state index is 0.0120. The third kappa shape index (κ3) is 3.99. The van der Waals surface area contributed by atoms with Gasteiger partial charge >= 0.3 is 5.69 Å². The van der Waals surface area contributed by atoms with Gasteiger partial charge in [0.15, 0.2) is 0 Å². The molecule has 0 aliphatic carbocycles. The maximum Gasteiger partial charge on any atom is 0.346 e. The number of hydrogen-bond donors (Lipinski definition) is 0. The number of benzene rings is 1. The van der Waals surface area contributed by atoms with Crippen LogP contribution in [0.15, 0.2) is 23.0 Å². The molecule has 8 heteroatoms. The molecule has 1 aromatic heterocycles. The zero-order valence-corrected chi connectivity index (χ0v) is 17.1. The number of nitrogens with zero attached hydrogens (tertiary/aromatic N) is 4. The minimum atomic E-state index is -0.477. The topological polar surface area (TPSA) is 60.1 Å². The first-order valence-corrected chi connectivity index (χ1v) is 10.2. The molecule has 1 unspecified atom stereocenters. The Balaban J connectivity index is 1.91. The molecular weight excluding hydrogens is 383 g/mol. The minimum Gasteiger partial charge on any atom is -0.342 e. The molecule has 28 heavy (non-hydrogen) atoms. The summed E-state index contributed by atoms with van der Waals surface area (Å²) in [5.41, 5.74) is -0.105. The van der Waals surface area contributed by atoms with E-state index in [2.05, 4.69) is 12.0 Å². The number of aromatic nitrogens is 3. The fourth-order valence-corrected chi connectivity index (χ4v) is 3.89. The van der Waals surface area contributed by atoms with Crippen LogP contribution in [0.1, 0.15) is 56.8 Å². The number of unbranched alkanes of at least 4 members (excludes halogenated alkanes) is 1. The highest BCUT2D eigenvalue weighted by Crippen LogP contribution is 2.27. The summed E-state index contributed by atoms with van der Waals surface area (Å²) < 4.78 is 16.9. The number of hydrogen-bond acceptors (Lipinski definition) is 3. The van der Waals surface area contributed by atoms with Crippen molar-refractivity contribution in [2.75, 3.05) is 13.1 Å². The van der Waals surface area contributed by atoms with Crippen molar-refractivity contribution >= 4 is 17.5 Å². The van der Waals surface area contributed by atoms with Gasteiger partial charge in [-0.05, 0) is 38.3 Å². The zero-order valence-electron chi connectivity index (χ0n) is 16.3. The molecule has 6 nitrogen and oxygen atoms in total. The van der Waals surface area contributed by atoms with Gasteiger partial charge < -0.3 is 4.90 Å². The summed E-state index contributed by atoms with van der Waals surface area (Å²) in [5.74, 6) is -0.424. The second-order valence-corrected chi connectivity index (χ2v) is 7.52. The first-order chi connectivity index (χ1) is 13.5.